The molecule has 1 fully saturated rings. The third-order valence-electron chi connectivity index (χ3n) is 5.30. The molecule has 1 aliphatic rings. The lowest BCUT2D eigenvalue weighted by molar-refractivity contribution is -0.00805. The zero-order valence-electron chi connectivity index (χ0n) is 18.1. The number of hydrogen-bond acceptors (Lipinski definition) is 4. The van der Waals surface area contributed by atoms with E-state index in [1.165, 1.54) is 5.56 Å². The molecule has 0 aliphatic carbocycles. The molecule has 1 atom stereocenters. The lowest BCUT2D eigenvalue weighted by Crippen LogP contribution is -2.47. The second-order valence-corrected chi connectivity index (χ2v) is 7.57. The van der Waals surface area contributed by atoms with Crippen molar-refractivity contribution in [1.82, 2.24) is 20.0 Å². The molecule has 1 saturated heterocycles. The quantitative estimate of drug-likeness (QED) is 0.491. The normalized spacial score (nSPS) is 16.9. The van der Waals surface area contributed by atoms with Crippen molar-refractivity contribution in [2.75, 3.05) is 26.7 Å². The molecule has 1 unspecified atom stereocenters. The van der Waals surface area contributed by atoms with Crippen LogP contribution in [0.5, 0.6) is 5.75 Å². The molecule has 31 heavy (non-hydrogen) atoms. The second kappa shape index (κ2) is 10.1. The maximum Gasteiger partial charge on any atom is 0.194 e. The highest BCUT2D eigenvalue weighted by Gasteiger charge is 2.25. The SMILES string of the molecule is CN=C(NCc1ccc(OCc2ccccc2)cc1)N1CCOC(c2cnn(C)c2)C1. The first-order chi connectivity index (χ1) is 15.2. The molecule has 1 aliphatic heterocycles. The Morgan fingerprint density at radius 3 is 2.68 bits per heavy atom. The van der Waals surface area contributed by atoms with Gasteiger partial charge in [-0.05, 0) is 23.3 Å². The molecule has 7 heteroatoms. The maximum absolute atomic E-state index is 5.94. The van der Waals surface area contributed by atoms with Crippen LogP contribution in [0.4, 0.5) is 0 Å². The van der Waals surface area contributed by atoms with Crippen molar-refractivity contribution in [3.63, 3.8) is 0 Å². The summed E-state index contributed by atoms with van der Waals surface area (Å²) in [7, 11) is 3.74. The van der Waals surface area contributed by atoms with Gasteiger partial charge in [0.15, 0.2) is 5.96 Å². The van der Waals surface area contributed by atoms with Crippen molar-refractivity contribution in [1.29, 1.82) is 0 Å². The van der Waals surface area contributed by atoms with E-state index in [4.69, 9.17) is 9.47 Å². The van der Waals surface area contributed by atoms with E-state index in [1.54, 1.807) is 4.68 Å². The summed E-state index contributed by atoms with van der Waals surface area (Å²) in [6.07, 6.45) is 3.87. The molecule has 0 radical (unpaired) electrons. The fraction of sp³-hybridized carbons (Fsp3) is 0.333. The molecule has 0 amide bonds. The highest BCUT2D eigenvalue weighted by Crippen LogP contribution is 2.21. The van der Waals surface area contributed by atoms with Gasteiger partial charge in [-0.3, -0.25) is 9.67 Å². The van der Waals surface area contributed by atoms with Crippen LogP contribution in [0.2, 0.25) is 0 Å². The minimum Gasteiger partial charge on any atom is -0.489 e. The molecular formula is C24H29N5O2. The van der Waals surface area contributed by atoms with E-state index in [1.807, 2.05) is 56.8 Å². The van der Waals surface area contributed by atoms with Crippen LogP contribution in [0.25, 0.3) is 0 Å². The lowest BCUT2D eigenvalue weighted by Gasteiger charge is -2.34. The smallest absolute Gasteiger partial charge is 0.194 e. The number of nitrogens with zero attached hydrogens (tertiary/aromatic N) is 4. The van der Waals surface area contributed by atoms with Gasteiger partial charge in [0.1, 0.15) is 18.5 Å². The van der Waals surface area contributed by atoms with E-state index >= 15 is 0 Å². The number of aliphatic imine (C=N–C) groups is 1. The monoisotopic (exact) mass is 419 g/mol. The number of guanidine groups is 1. The number of morpholine rings is 1. The van der Waals surface area contributed by atoms with Crippen LogP contribution in [-0.2, 0) is 24.9 Å². The zero-order valence-corrected chi connectivity index (χ0v) is 18.1. The van der Waals surface area contributed by atoms with E-state index in [2.05, 4.69) is 44.6 Å². The summed E-state index contributed by atoms with van der Waals surface area (Å²) in [4.78, 5) is 6.71. The summed E-state index contributed by atoms with van der Waals surface area (Å²) in [6.45, 7) is 3.48. The fourth-order valence-corrected chi connectivity index (χ4v) is 3.61. The Balaban J connectivity index is 1.29. The summed E-state index contributed by atoms with van der Waals surface area (Å²) < 4.78 is 13.6. The van der Waals surface area contributed by atoms with Gasteiger partial charge < -0.3 is 19.7 Å². The largest absolute Gasteiger partial charge is 0.489 e. The van der Waals surface area contributed by atoms with E-state index in [0.717, 1.165) is 35.9 Å². The van der Waals surface area contributed by atoms with Crippen molar-refractivity contribution < 1.29 is 9.47 Å². The molecule has 162 valence electrons. The Morgan fingerprint density at radius 1 is 1.16 bits per heavy atom. The van der Waals surface area contributed by atoms with Crippen molar-refractivity contribution >= 4 is 5.96 Å². The first-order valence-electron chi connectivity index (χ1n) is 10.5. The molecule has 1 N–H and O–H groups in total. The van der Waals surface area contributed by atoms with Gasteiger partial charge in [0.05, 0.1) is 19.3 Å². The summed E-state index contributed by atoms with van der Waals surface area (Å²) in [5.74, 6) is 1.74. The first kappa shape index (κ1) is 20.9. The van der Waals surface area contributed by atoms with Crippen molar-refractivity contribution in [2.24, 2.45) is 12.0 Å². The highest BCUT2D eigenvalue weighted by molar-refractivity contribution is 5.80. The summed E-state index contributed by atoms with van der Waals surface area (Å²) in [6, 6.07) is 18.4. The van der Waals surface area contributed by atoms with Crippen LogP contribution in [0, 0.1) is 0 Å². The topological polar surface area (TPSA) is 63.9 Å². The molecule has 0 spiro atoms. The minimum atomic E-state index is 0.00190. The number of hydrogen-bond donors (Lipinski definition) is 1. The van der Waals surface area contributed by atoms with E-state index in [-0.39, 0.29) is 6.10 Å². The first-order valence-corrected chi connectivity index (χ1v) is 10.5. The average Bonchev–Trinajstić information content (AvgIpc) is 3.26. The Labute approximate surface area is 183 Å². The summed E-state index contributed by atoms with van der Waals surface area (Å²) >= 11 is 0. The summed E-state index contributed by atoms with van der Waals surface area (Å²) in [5, 5.41) is 7.73. The fourth-order valence-electron chi connectivity index (χ4n) is 3.61. The van der Waals surface area contributed by atoms with Gasteiger partial charge in [-0.1, -0.05) is 42.5 Å². The van der Waals surface area contributed by atoms with Crippen LogP contribution < -0.4 is 10.1 Å². The van der Waals surface area contributed by atoms with Gasteiger partial charge in [-0.2, -0.15) is 5.10 Å². The Kier molecular flexibility index (Phi) is 6.84. The van der Waals surface area contributed by atoms with Crippen molar-refractivity contribution in [3.8, 4) is 5.75 Å². The molecule has 1 aromatic heterocycles. The number of aromatic nitrogens is 2. The zero-order chi connectivity index (χ0) is 21.5. The molecule has 2 heterocycles. The van der Waals surface area contributed by atoms with Crippen LogP contribution in [0.1, 0.15) is 22.8 Å². The Bertz CT molecular complexity index is 985. The number of benzene rings is 2. The summed E-state index contributed by atoms with van der Waals surface area (Å²) in [5.41, 5.74) is 3.42. The number of nitrogens with one attached hydrogen (secondary N) is 1. The van der Waals surface area contributed by atoms with Crippen molar-refractivity contribution in [3.05, 3.63) is 83.7 Å². The molecule has 2 aromatic carbocycles. The van der Waals surface area contributed by atoms with Crippen LogP contribution >= 0.6 is 0 Å². The Morgan fingerprint density at radius 2 is 1.97 bits per heavy atom. The molecule has 0 saturated carbocycles. The number of ether oxygens (including phenoxy) is 2. The minimum absolute atomic E-state index is 0.00190. The lowest BCUT2D eigenvalue weighted by atomic mass is 10.1. The molecular weight excluding hydrogens is 390 g/mol. The molecule has 7 nitrogen and oxygen atoms in total. The predicted molar refractivity (Wildman–Crippen MR) is 121 cm³/mol. The number of aryl methyl sites for hydroxylation is 1. The van der Waals surface area contributed by atoms with Crippen LogP contribution in [0.15, 0.2) is 72.0 Å². The van der Waals surface area contributed by atoms with Crippen LogP contribution in [-0.4, -0.2) is 47.4 Å². The van der Waals surface area contributed by atoms with Gasteiger partial charge >= 0.3 is 0 Å². The van der Waals surface area contributed by atoms with E-state index in [0.29, 0.717) is 19.8 Å². The third-order valence-corrected chi connectivity index (χ3v) is 5.30. The number of rotatable bonds is 6. The van der Waals surface area contributed by atoms with Gasteiger partial charge in [0.25, 0.3) is 0 Å². The molecule has 0 bridgehead atoms. The predicted octanol–water partition coefficient (Wildman–Crippen LogP) is 3.15. The molecule has 4 rings (SSSR count). The molecule has 3 aromatic rings. The van der Waals surface area contributed by atoms with Crippen LogP contribution in [0.3, 0.4) is 0 Å². The van der Waals surface area contributed by atoms with Gasteiger partial charge in [0, 0.05) is 38.9 Å². The second-order valence-electron chi connectivity index (χ2n) is 7.57. The maximum atomic E-state index is 5.94. The van der Waals surface area contributed by atoms with Gasteiger partial charge in [0.2, 0.25) is 0 Å². The highest BCUT2D eigenvalue weighted by atomic mass is 16.5. The standard InChI is InChI=1S/C24H29N5O2/c1-25-24(29-12-13-30-23(17-29)21-15-27-28(2)16-21)26-14-19-8-10-22(11-9-19)31-18-20-6-4-3-5-7-20/h3-11,15-16,23H,12-14,17-18H2,1-2H3,(H,25,26). The van der Waals surface area contributed by atoms with Crippen molar-refractivity contribution in [2.45, 2.75) is 19.3 Å². The van der Waals surface area contributed by atoms with E-state index < -0.39 is 0 Å². The van der Waals surface area contributed by atoms with Gasteiger partial charge in [-0.25, -0.2) is 0 Å². The van der Waals surface area contributed by atoms with Gasteiger partial charge in [-0.15, -0.1) is 0 Å². The Hall–Kier alpha value is -3.32. The average molecular weight is 420 g/mol. The van der Waals surface area contributed by atoms with E-state index in [9.17, 15) is 0 Å². The third kappa shape index (κ3) is 5.64.